The molecule has 0 aliphatic rings. The van der Waals surface area contributed by atoms with Gasteiger partial charge in [0.1, 0.15) is 11.8 Å². The Bertz CT molecular complexity index is 1420. The number of aromatic nitrogens is 1. The molecular weight excluding hydrogens is 434 g/mol. The molecule has 1 N–H and O–H groups in total. The lowest BCUT2D eigenvalue weighted by molar-refractivity contribution is 0.415. The number of aryl methyl sites for hydroxylation is 1. The minimum absolute atomic E-state index is 0.0965. The number of benzene rings is 3. The second kappa shape index (κ2) is 9.39. The highest BCUT2D eigenvalue weighted by Crippen LogP contribution is 2.36. The summed E-state index contributed by atoms with van der Waals surface area (Å²) in [4.78, 5) is 0. The van der Waals surface area contributed by atoms with E-state index in [9.17, 15) is 13.7 Å². The number of fused-ring (bicyclic) bond motifs is 1. The van der Waals surface area contributed by atoms with E-state index in [2.05, 4.69) is 22.3 Å². The average Bonchev–Trinajstić information content (AvgIpc) is 3.12. The second-order valence-electron chi connectivity index (χ2n) is 7.79. The number of nitriles is 1. The highest BCUT2D eigenvalue weighted by Gasteiger charge is 2.19. The largest absolute Gasteiger partial charge is 0.497 e. The average molecular weight is 460 g/mol. The zero-order valence-corrected chi connectivity index (χ0v) is 19.4. The molecule has 0 saturated heterocycles. The number of sulfonamides is 1. The lowest BCUT2D eigenvalue weighted by atomic mass is 10.1. The van der Waals surface area contributed by atoms with Crippen LogP contribution >= 0.6 is 0 Å². The topological polar surface area (TPSA) is 84.1 Å². The summed E-state index contributed by atoms with van der Waals surface area (Å²) in [6.45, 7) is 2.83. The van der Waals surface area contributed by atoms with E-state index in [-0.39, 0.29) is 5.75 Å². The van der Waals surface area contributed by atoms with Crippen LogP contribution in [0.2, 0.25) is 0 Å². The molecule has 0 unspecified atom stereocenters. The number of hydrogen-bond donors (Lipinski definition) is 1. The van der Waals surface area contributed by atoms with Crippen LogP contribution in [0.25, 0.3) is 22.2 Å². The molecular formula is C26H25N3O3S. The first kappa shape index (κ1) is 22.4. The fraction of sp³-hybridized carbons (Fsp3) is 0.192. The maximum Gasteiger partial charge on any atom is 0.236 e. The Morgan fingerprint density at radius 1 is 1.03 bits per heavy atom. The first-order valence-electron chi connectivity index (χ1n) is 10.7. The molecule has 0 spiro atoms. The quantitative estimate of drug-likeness (QED) is 0.375. The van der Waals surface area contributed by atoms with Gasteiger partial charge in [-0.3, -0.25) is 4.72 Å². The molecule has 0 radical (unpaired) electrons. The maximum absolute atomic E-state index is 12.6. The third-order valence-electron chi connectivity index (χ3n) is 5.46. The van der Waals surface area contributed by atoms with Crippen molar-refractivity contribution in [3.63, 3.8) is 0 Å². The van der Waals surface area contributed by atoms with E-state index in [0.717, 1.165) is 46.4 Å². The van der Waals surface area contributed by atoms with Crippen molar-refractivity contribution in [1.82, 2.24) is 4.57 Å². The number of hydrogen-bond acceptors (Lipinski definition) is 4. The van der Waals surface area contributed by atoms with Crippen LogP contribution in [0.4, 0.5) is 5.69 Å². The lowest BCUT2D eigenvalue weighted by Crippen LogP contribution is -2.15. The molecule has 0 bridgehead atoms. The third-order valence-corrected chi connectivity index (χ3v) is 6.72. The number of methoxy groups -OCH3 is 1. The van der Waals surface area contributed by atoms with Crippen molar-refractivity contribution in [2.45, 2.75) is 25.6 Å². The number of ether oxygens (including phenoxy) is 1. The van der Waals surface area contributed by atoms with Crippen LogP contribution < -0.4 is 9.46 Å². The summed E-state index contributed by atoms with van der Waals surface area (Å²) in [6, 6.07) is 24.3. The van der Waals surface area contributed by atoms with E-state index in [1.54, 1.807) is 31.4 Å². The Morgan fingerprint density at radius 2 is 1.76 bits per heavy atom. The SMILES string of the molecule is CCCn1c(-c2ccc(NS(=O)(=O)Cc3ccccc3)cc2)c(C#N)c2ccc(OC)cc21. The molecule has 1 heterocycles. The second-order valence-corrected chi connectivity index (χ2v) is 9.52. The summed E-state index contributed by atoms with van der Waals surface area (Å²) < 4.78 is 35.3. The summed E-state index contributed by atoms with van der Waals surface area (Å²) >= 11 is 0. The van der Waals surface area contributed by atoms with Gasteiger partial charge in [-0.15, -0.1) is 0 Å². The molecule has 0 aliphatic heterocycles. The molecule has 0 amide bonds. The van der Waals surface area contributed by atoms with Crippen LogP contribution in [0.5, 0.6) is 5.75 Å². The van der Waals surface area contributed by atoms with Gasteiger partial charge in [0.2, 0.25) is 10.0 Å². The van der Waals surface area contributed by atoms with Gasteiger partial charge in [0.05, 0.1) is 29.6 Å². The third kappa shape index (κ3) is 4.71. The zero-order valence-electron chi connectivity index (χ0n) is 18.6. The predicted octanol–water partition coefficient (Wildman–Crippen LogP) is 5.54. The number of anilines is 1. The van der Waals surface area contributed by atoms with E-state index in [4.69, 9.17) is 4.74 Å². The molecule has 7 heteroatoms. The molecule has 168 valence electrons. The van der Waals surface area contributed by atoms with Crippen LogP contribution in [0.3, 0.4) is 0 Å². The fourth-order valence-corrected chi connectivity index (χ4v) is 5.23. The van der Waals surface area contributed by atoms with Gasteiger partial charge in [0, 0.05) is 23.7 Å². The molecule has 0 atom stereocenters. The van der Waals surface area contributed by atoms with Gasteiger partial charge in [0.25, 0.3) is 0 Å². The Kier molecular flexibility index (Phi) is 6.38. The first-order valence-corrected chi connectivity index (χ1v) is 12.4. The van der Waals surface area contributed by atoms with Gasteiger partial charge < -0.3 is 9.30 Å². The minimum Gasteiger partial charge on any atom is -0.497 e. The van der Waals surface area contributed by atoms with E-state index in [1.165, 1.54) is 0 Å². The number of nitrogens with one attached hydrogen (secondary N) is 1. The minimum atomic E-state index is -3.54. The van der Waals surface area contributed by atoms with Crippen molar-refractivity contribution in [2.24, 2.45) is 0 Å². The molecule has 1 aromatic heterocycles. The molecule has 6 nitrogen and oxygen atoms in total. The molecule has 33 heavy (non-hydrogen) atoms. The van der Waals surface area contributed by atoms with Crippen molar-refractivity contribution in [1.29, 1.82) is 5.26 Å². The van der Waals surface area contributed by atoms with Gasteiger partial charge in [-0.2, -0.15) is 5.26 Å². The van der Waals surface area contributed by atoms with Crippen LogP contribution in [0.15, 0.2) is 72.8 Å². The molecule has 0 aliphatic carbocycles. The van der Waals surface area contributed by atoms with Crippen molar-refractivity contribution < 1.29 is 13.2 Å². The monoisotopic (exact) mass is 459 g/mol. The van der Waals surface area contributed by atoms with Gasteiger partial charge in [-0.05, 0) is 41.8 Å². The smallest absolute Gasteiger partial charge is 0.236 e. The summed E-state index contributed by atoms with van der Waals surface area (Å²) in [7, 11) is -1.92. The Morgan fingerprint density at radius 3 is 2.39 bits per heavy atom. The Hall–Kier alpha value is -3.76. The zero-order chi connectivity index (χ0) is 23.4. The van der Waals surface area contributed by atoms with E-state index >= 15 is 0 Å². The first-order chi connectivity index (χ1) is 16.0. The Balaban J connectivity index is 1.69. The summed E-state index contributed by atoms with van der Waals surface area (Å²) in [5.41, 5.74) is 4.41. The van der Waals surface area contributed by atoms with E-state index in [0.29, 0.717) is 11.3 Å². The van der Waals surface area contributed by atoms with E-state index in [1.807, 2.05) is 48.5 Å². The molecule has 0 fully saturated rings. The molecule has 4 aromatic rings. The van der Waals surface area contributed by atoms with Crippen molar-refractivity contribution in [3.8, 4) is 23.1 Å². The predicted molar refractivity (Wildman–Crippen MR) is 132 cm³/mol. The van der Waals surface area contributed by atoms with Crippen LogP contribution in [-0.4, -0.2) is 20.1 Å². The van der Waals surface area contributed by atoms with Crippen LogP contribution in [0.1, 0.15) is 24.5 Å². The van der Waals surface area contributed by atoms with Crippen LogP contribution in [0, 0.1) is 11.3 Å². The summed E-state index contributed by atoms with van der Waals surface area (Å²) in [6.07, 6.45) is 0.899. The summed E-state index contributed by atoms with van der Waals surface area (Å²) in [5, 5.41) is 10.8. The standard InChI is InChI=1S/C26H25N3O3S/c1-3-15-29-25-16-22(32-2)13-14-23(25)24(17-27)26(29)20-9-11-21(12-10-20)28-33(30,31)18-19-7-5-4-6-8-19/h4-14,16,28H,3,15,18H2,1-2H3. The molecule has 4 rings (SSSR count). The Labute approximate surface area is 194 Å². The van der Waals surface area contributed by atoms with Gasteiger partial charge in [0.15, 0.2) is 0 Å². The highest BCUT2D eigenvalue weighted by atomic mass is 32.2. The molecule has 0 saturated carbocycles. The highest BCUT2D eigenvalue weighted by molar-refractivity contribution is 7.91. The van der Waals surface area contributed by atoms with Crippen LogP contribution in [-0.2, 0) is 22.3 Å². The van der Waals surface area contributed by atoms with Gasteiger partial charge in [-0.1, -0.05) is 49.4 Å². The lowest BCUT2D eigenvalue weighted by Gasteiger charge is -2.12. The van der Waals surface area contributed by atoms with Gasteiger partial charge >= 0.3 is 0 Å². The number of rotatable bonds is 8. The fourth-order valence-electron chi connectivity index (χ4n) is 4.03. The van der Waals surface area contributed by atoms with Gasteiger partial charge in [-0.25, -0.2) is 8.42 Å². The normalized spacial score (nSPS) is 11.3. The van der Waals surface area contributed by atoms with Crippen molar-refractivity contribution >= 4 is 26.6 Å². The van der Waals surface area contributed by atoms with Crippen molar-refractivity contribution in [3.05, 3.63) is 83.9 Å². The molecule has 3 aromatic carbocycles. The van der Waals surface area contributed by atoms with Crippen molar-refractivity contribution in [2.75, 3.05) is 11.8 Å². The maximum atomic E-state index is 12.6. The number of nitrogens with zero attached hydrogens (tertiary/aromatic N) is 2. The van der Waals surface area contributed by atoms with E-state index < -0.39 is 10.0 Å². The summed E-state index contributed by atoms with van der Waals surface area (Å²) in [5.74, 6) is 0.636.